The number of aromatic nitrogens is 1. The molecule has 2 aliphatic heterocycles. The Balaban J connectivity index is 1.81. The number of rotatable bonds is 8. The van der Waals surface area contributed by atoms with E-state index in [4.69, 9.17) is 47.0 Å². The predicted molar refractivity (Wildman–Crippen MR) is 198 cm³/mol. The highest BCUT2D eigenvalue weighted by molar-refractivity contribution is 5.91. The Hall–Kier alpha value is -5.89. The van der Waals surface area contributed by atoms with Gasteiger partial charge in [0.2, 0.25) is 5.76 Å². The molecule has 4 bridgehead atoms. The molecule has 1 N–H and O–H groups in total. The monoisotopic (exact) mass is 857 g/mol. The summed E-state index contributed by atoms with van der Waals surface area (Å²) < 4.78 is 60.3. The molecule has 6 rings (SSSR count). The van der Waals surface area contributed by atoms with Crippen molar-refractivity contribution >= 4 is 47.8 Å². The first kappa shape index (κ1) is 44.7. The van der Waals surface area contributed by atoms with Crippen LogP contribution in [0, 0.1) is 17.3 Å². The molecule has 0 amide bonds. The molecule has 1 spiro atoms. The summed E-state index contributed by atoms with van der Waals surface area (Å²) in [5, 5.41) is 13.6. The number of pyridine rings is 1. The van der Waals surface area contributed by atoms with Gasteiger partial charge in [-0.2, -0.15) is 0 Å². The molecule has 1 saturated heterocycles. The molecule has 2 aromatic heterocycles. The zero-order valence-electron chi connectivity index (χ0n) is 34.8. The zero-order chi connectivity index (χ0) is 45.0. The lowest BCUT2D eigenvalue weighted by Crippen LogP contribution is -2.89. The first-order chi connectivity index (χ1) is 28.5. The van der Waals surface area contributed by atoms with Crippen LogP contribution >= 0.6 is 0 Å². The molecule has 4 heterocycles. The van der Waals surface area contributed by atoms with Crippen molar-refractivity contribution < 1.29 is 90.5 Å². The van der Waals surface area contributed by atoms with E-state index in [9.17, 15) is 43.5 Å². The third-order valence-corrected chi connectivity index (χ3v) is 12.1. The molecule has 3 fully saturated rings. The Morgan fingerprint density at radius 2 is 1.39 bits per heavy atom. The summed E-state index contributed by atoms with van der Waals surface area (Å²) in [5.41, 5.74) is -10.5. The largest absolute Gasteiger partial charge is 0.465 e. The standard InChI is InChI=1S/C41H47NO19/c1-18-19(2)35(48)60-32-30(56-22(5)45)34(58-24(7)47)40(17-53-20(3)43)33(57-23(6)46)29(55-21(4)44)27-31(59-37(50)26-13-11-15-52-26)41(40,39(32,9)51)61-38(27,8)16-54-36(49)25-12-10-14-42-28(18)25/h10-15,18-19,27,29-34,51H,16-17H2,1-9H3/t18-,19+,27-,29-,30+,31-,32+,33-,34+,38+,39+,40-,41+/m1/s1. The minimum absolute atomic E-state index is 0.0614. The molecule has 2 aromatic rings. The van der Waals surface area contributed by atoms with E-state index in [1.165, 1.54) is 44.3 Å². The Morgan fingerprint density at radius 3 is 1.97 bits per heavy atom. The topological polar surface area (TPSA) is 266 Å². The molecule has 20 nitrogen and oxygen atoms in total. The van der Waals surface area contributed by atoms with Crippen molar-refractivity contribution in [3.8, 4) is 0 Å². The first-order valence-electron chi connectivity index (χ1n) is 19.4. The fourth-order valence-electron chi connectivity index (χ4n) is 9.64. The fourth-order valence-corrected chi connectivity index (χ4v) is 9.64. The molecule has 0 aromatic carbocycles. The molecule has 4 aliphatic rings. The van der Waals surface area contributed by atoms with Crippen LogP contribution in [0.2, 0.25) is 0 Å². The van der Waals surface area contributed by atoms with E-state index in [0.29, 0.717) is 0 Å². The number of fused-ring (bicyclic) bond motifs is 5. The van der Waals surface area contributed by atoms with Gasteiger partial charge in [-0.15, -0.1) is 0 Å². The summed E-state index contributed by atoms with van der Waals surface area (Å²) in [6, 6.07) is 5.50. The van der Waals surface area contributed by atoms with Crippen molar-refractivity contribution in [2.45, 2.75) is 122 Å². The van der Waals surface area contributed by atoms with Gasteiger partial charge in [0.25, 0.3) is 0 Å². The van der Waals surface area contributed by atoms with Gasteiger partial charge in [0, 0.05) is 46.7 Å². The van der Waals surface area contributed by atoms with Crippen LogP contribution < -0.4 is 0 Å². The summed E-state index contributed by atoms with van der Waals surface area (Å²) in [6.45, 7) is 8.48. The average Bonchev–Trinajstić information content (AvgIpc) is 3.79. The van der Waals surface area contributed by atoms with Gasteiger partial charge in [-0.25, -0.2) is 9.59 Å². The van der Waals surface area contributed by atoms with Gasteiger partial charge in [0.05, 0.1) is 29.4 Å². The Labute approximate surface area is 348 Å². The highest BCUT2D eigenvalue weighted by Crippen LogP contribution is 2.70. The number of esters is 8. The van der Waals surface area contributed by atoms with Gasteiger partial charge in [-0.1, -0.05) is 13.8 Å². The highest BCUT2D eigenvalue weighted by atomic mass is 16.7. The average molecular weight is 858 g/mol. The molecule has 330 valence electrons. The van der Waals surface area contributed by atoms with Crippen LogP contribution in [-0.4, -0.2) is 124 Å². The molecular weight excluding hydrogens is 810 g/mol. The van der Waals surface area contributed by atoms with Crippen LogP contribution in [0.3, 0.4) is 0 Å². The summed E-state index contributed by atoms with van der Waals surface area (Å²) in [6.07, 6.45) is -9.78. The Morgan fingerprint density at radius 1 is 0.787 bits per heavy atom. The van der Waals surface area contributed by atoms with Gasteiger partial charge < -0.3 is 52.2 Å². The summed E-state index contributed by atoms with van der Waals surface area (Å²) in [4.78, 5) is 113. The Kier molecular flexibility index (Phi) is 11.8. The van der Waals surface area contributed by atoms with E-state index >= 15 is 0 Å². The number of furan rings is 1. The lowest BCUT2D eigenvalue weighted by atomic mass is 9.45. The number of hydrogen-bond acceptors (Lipinski definition) is 20. The number of ether oxygens (including phenoxy) is 9. The van der Waals surface area contributed by atoms with Crippen molar-refractivity contribution in [3.63, 3.8) is 0 Å². The second-order valence-electron chi connectivity index (χ2n) is 16.1. The zero-order valence-corrected chi connectivity index (χ0v) is 34.8. The van der Waals surface area contributed by atoms with Gasteiger partial charge in [-0.3, -0.25) is 33.8 Å². The molecular formula is C41H47NO19. The minimum Gasteiger partial charge on any atom is -0.465 e. The fraction of sp³-hybridized carbons (Fsp3) is 0.585. The van der Waals surface area contributed by atoms with Crippen LogP contribution in [0.4, 0.5) is 0 Å². The number of aliphatic hydroxyl groups is 1. The molecule has 2 aliphatic carbocycles. The van der Waals surface area contributed by atoms with Gasteiger partial charge in [0.1, 0.15) is 42.0 Å². The molecule has 2 saturated carbocycles. The normalized spacial score (nSPS) is 36.5. The van der Waals surface area contributed by atoms with Crippen LogP contribution in [0.15, 0.2) is 41.1 Å². The molecule has 20 heteroatoms. The van der Waals surface area contributed by atoms with Crippen LogP contribution in [0.5, 0.6) is 0 Å². The number of carbonyl (C=O) groups excluding carboxylic acids is 8. The maximum atomic E-state index is 14.5. The quantitative estimate of drug-likeness (QED) is 0.293. The van der Waals surface area contributed by atoms with Gasteiger partial charge in [0.15, 0.2) is 30.0 Å². The number of cyclic esters (lactones) is 1. The van der Waals surface area contributed by atoms with Crippen LogP contribution in [-0.2, 0) is 71.4 Å². The van der Waals surface area contributed by atoms with E-state index in [1.807, 2.05) is 0 Å². The minimum atomic E-state index is -2.89. The number of nitrogens with zero attached hydrogens (tertiary/aromatic N) is 1. The summed E-state index contributed by atoms with van der Waals surface area (Å²) in [5.74, 6) is -12.5. The third-order valence-electron chi connectivity index (χ3n) is 12.1. The molecule has 61 heavy (non-hydrogen) atoms. The van der Waals surface area contributed by atoms with Crippen molar-refractivity contribution in [2.75, 3.05) is 13.2 Å². The maximum Gasteiger partial charge on any atom is 0.374 e. The Bertz CT molecular complexity index is 2120. The van der Waals surface area contributed by atoms with Crippen molar-refractivity contribution in [2.24, 2.45) is 17.3 Å². The second-order valence-corrected chi connectivity index (χ2v) is 16.1. The van der Waals surface area contributed by atoms with Crippen LogP contribution in [0.1, 0.15) is 94.8 Å². The number of carbonyl (C=O) groups is 8. The molecule has 0 radical (unpaired) electrons. The molecule has 0 unspecified atom stereocenters. The predicted octanol–water partition coefficient (Wildman–Crippen LogP) is 1.92. The van der Waals surface area contributed by atoms with E-state index in [2.05, 4.69) is 4.98 Å². The van der Waals surface area contributed by atoms with Crippen LogP contribution in [0.25, 0.3) is 0 Å². The van der Waals surface area contributed by atoms with Gasteiger partial charge >= 0.3 is 47.8 Å². The number of hydrogen-bond donors (Lipinski definition) is 1. The van der Waals surface area contributed by atoms with Gasteiger partial charge in [-0.05, 0) is 38.1 Å². The summed E-state index contributed by atoms with van der Waals surface area (Å²) in [7, 11) is 0. The first-order valence-corrected chi connectivity index (χ1v) is 19.4. The molecule has 13 atom stereocenters. The van der Waals surface area contributed by atoms with Crippen molar-refractivity contribution in [1.82, 2.24) is 4.98 Å². The third kappa shape index (κ3) is 7.28. The lowest BCUT2D eigenvalue weighted by molar-refractivity contribution is -0.386. The van der Waals surface area contributed by atoms with Crippen molar-refractivity contribution in [1.29, 1.82) is 0 Å². The van der Waals surface area contributed by atoms with E-state index < -0.39 is 138 Å². The maximum absolute atomic E-state index is 14.5. The lowest BCUT2D eigenvalue weighted by Gasteiger charge is -2.67. The van der Waals surface area contributed by atoms with Crippen molar-refractivity contribution in [3.05, 3.63) is 53.7 Å². The smallest absolute Gasteiger partial charge is 0.374 e. The second kappa shape index (κ2) is 16.2. The summed E-state index contributed by atoms with van der Waals surface area (Å²) >= 11 is 0. The van der Waals surface area contributed by atoms with E-state index in [1.54, 1.807) is 6.92 Å². The van der Waals surface area contributed by atoms with E-state index in [0.717, 1.165) is 47.8 Å². The van der Waals surface area contributed by atoms with E-state index in [-0.39, 0.29) is 17.0 Å². The SMILES string of the molecule is CC(=O)OC[C@]12[C@H](OC(C)=O)[C@H](OC(C)=O)[C@@H]3[C@@H](OC(=O)c4ccco4)[C@@]14O[C@@]3(C)COC(=O)c1cccnc1[C@H](C)[C@H](C)C(=O)O[C@@H]([C@H](OC(C)=O)[C@@H]2OC(C)=O)[C@]4(C)O. The highest BCUT2D eigenvalue weighted by Gasteiger charge is 2.92.